The van der Waals surface area contributed by atoms with Gasteiger partial charge in [-0.2, -0.15) is 0 Å². The Labute approximate surface area is 128 Å². The molecule has 0 spiro atoms. The van der Waals surface area contributed by atoms with Crippen LogP contribution in [0.2, 0.25) is 0 Å². The molecule has 22 heavy (non-hydrogen) atoms. The summed E-state index contributed by atoms with van der Waals surface area (Å²) in [5.41, 5.74) is 2.49. The molecule has 1 fully saturated rings. The highest BCUT2D eigenvalue weighted by Gasteiger charge is 2.27. The first-order valence-corrected chi connectivity index (χ1v) is 7.41. The predicted octanol–water partition coefficient (Wildman–Crippen LogP) is 2.62. The van der Waals surface area contributed by atoms with Crippen molar-refractivity contribution in [2.45, 2.75) is 12.8 Å². The van der Waals surface area contributed by atoms with Crippen LogP contribution in [0.1, 0.15) is 23.3 Å². The van der Waals surface area contributed by atoms with E-state index in [1.165, 1.54) is 0 Å². The SMILES string of the molecule is O=C(O)C1CCN(C(=O)c2ccc(-c3ccccc3)[nH]2)CC1. The minimum Gasteiger partial charge on any atom is -0.481 e. The lowest BCUT2D eigenvalue weighted by atomic mass is 9.97. The van der Waals surface area contributed by atoms with E-state index < -0.39 is 5.97 Å². The predicted molar refractivity (Wildman–Crippen MR) is 82.5 cm³/mol. The second kappa shape index (κ2) is 6.05. The molecule has 5 heteroatoms. The highest BCUT2D eigenvalue weighted by molar-refractivity contribution is 5.93. The Balaban J connectivity index is 1.69. The lowest BCUT2D eigenvalue weighted by Crippen LogP contribution is -2.40. The van der Waals surface area contributed by atoms with E-state index in [0.717, 1.165) is 11.3 Å². The Hall–Kier alpha value is -2.56. The van der Waals surface area contributed by atoms with Gasteiger partial charge >= 0.3 is 5.97 Å². The molecular weight excluding hydrogens is 280 g/mol. The quantitative estimate of drug-likeness (QED) is 0.914. The first-order valence-electron chi connectivity index (χ1n) is 7.41. The van der Waals surface area contributed by atoms with Crippen LogP contribution in [-0.2, 0) is 4.79 Å². The van der Waals surface area contributed by atoms with Crippen LogP contribution in [0.15, 0.2) is 42.5 Å². The molecule has 2 N–H and O–H groups in total. The lowest BCUT2D eigenvalue weighted by Gasteiger charge is -2.29. The Bertz CT molecular complexity index is 670. The number of rotatable bonds is 3. The number of aromatic amines is 1. The molecule has 5 nitrogen and oxygen atoms in total. The maximum absolute atomic E-state index is 12.5. The standard InChI is InChI=1S/C17H18N2O3/c20-16(19-10-8-13(9-11-19)17(21)22)15-7-6-14(18-15)12-4-2-1-3-5-12/h1-7,13,18H,8-11H2,(H,21,22). The Morgan fingerprint density at radius 2 is 1.73 bits per heavy atom. The summed E-state index contributed by atoms with van der Waals surface area (Å²) in [6.07, 6.45) is 1.04. The van der Waals surface area contributed by atoms with Crippen molar-refractivity contribution >= 4 is 11.9 Å². The van der Waals surface area contributed by atoms with E-state index in [-0.39, 0.29) is 11.8 Å². The van der Waals surface area contributed by atoms with Gasteiger partial charge in [0.25, 0.3) is 5.91 Å². The van der Waals surface area contributed by atoms with Gasteiger partial charge in [-0.15, -0.1) is 0 Å². The number of carboxylic acid groups (broad SMARTS) is 1. The fourth-order valence-electron chi connectivity index (χ4n) is 2.81. The molecule has 114 valence electrons. The van der Waals surface area contributed by atoms with Crippen LogP contribution >= 0.6 is 0 Å². The van der Waals surface area contributed by atoms with Crippen molar-refractivity contribution in [2.24, 2.45) is 5.92 Å². The number of hydrogen-bond donors (Lipinski definition) is 2. The van der Waals surface area contributed by atoms with Crippen molar-refractivity contribution in [1.82, 2.24) is 9.88 Å². The van der Waals surface area contributed by atoms with Crippen molar-refractivity contribution in [3.05, 3.63) is 48.2 Å². The first-order chi connectivity index (χ1) is 10.6. The van der Waals surface area contributed by atoms with Crippen LogP contribution < -0.4 is 0 Å². The molecule has 0 radical (unpaired) electrons. The number of likely N-dealkylation sites (tertiary alicyclic amines) is 1. The van der Waals surface area contributed by atoms with E-state index in [9.17, 15) is 9.59 Å². The fourth-order valence-corrected chi connectivity index (χ4v) is 2.81. The minimum atomic E-state index is -0.765. The Morgan fingerprint density at radius 3 is 2.36 bits per heavy atom. The molecule has 0 unspecified atom stereocenters. The van der Waals surface area contributed by atoms with Gasteiger partial charge in [0, 0.05) is 18.8 Å². The molecular formula is C17H18N2O3. The van der Waals surface area contributed by atoms with E-state index >= 15 is 0 Å². The molecule has 1 aliphatic rings. The van der Waals surface area contributed by atoms with Crippen LogP contribution in [0.25, 0.3) is 11.3 Å². The van der Waals surface area contributed by atoms with Gasteiger partial charge in [0.1, 0.15) is 5.69 Å². The summed E-state index contributed by atoms with van der Waals surface area (Å²) in [4.78, 5) is 28.3. The van der Waals surface area contributed by atoms with Gasteiger partial charge in [-0.25, -0.2) is 0 Å². The number of nitrogens with one attached hydrogen (secondary N) is 1. The number of H-pyrrole nitrogens is 1. The number of aromatic nitrogens is 1. The van der Waals surface area contributed by atoms with E-state index in [1.54, 1.807) is 11.0 Å². The molecule has 1 aromatic heterocycles. The van der Waals surface area contributed by atoms with Gasteiger partial charge in [-0.1, -0.05) is 30.3 Å². The van der Waals surface area contributed by atoms with Crippen molar-refractivity contribution in [3.8, 4) is 11.3 Å². The van der Waals surface area contributed by atoms with Crippen molar-refractivity contribution in [1.29, 1.82) is 0 Å². The van der Waals surface area contributed by atoms with Crippen LogP contribution in [0.4, 0.5) is 0 Å². The average Bonchev–Trinajstić information content (AvgIpc) is 3.05. The summed E-state index contributed by atoms with van der Waals surface area (Å²) in [6.45, 7) is 0.991. The zero-order chi connectivity index (χ0) is 15.5. The van der Waals surface area contributed by atoms with E-state index in [4.69, 9.17) is 5.11 Å². The molecule has 2 aromatic rings. The van der Waals surface area contributed by atoms with Crippen LogP contribution in [0.5, 0.6) is 0 Å². The van der Waals surface area contributed by atoms with Crippen LogP contribution in [-0.4, -0.2) is 40.0 Å². The molecule has 1 saturated heterocycles. The summed E-state index contributed by atoms with van der Waals surface area (Å²) in [5, 5.41) is 9.00. The van der Waals surface area contributed by atoms with Gasteiger partial charge in [0.15, 0.2) is 0 Å². The summed E-state index contributed by atoms with van der Waals surface area (Å²) in [5.74, 6) is -1.16. The monoisotopic (exact) mass is 298 g/mol. The van der Waals surface area contributed by atoms with Crippen molar-refractivity contribution < 1.29 is 14.7 Å². The van der Waals surface area contributed by atoms with Crippen LogP contribution in [0, 0.1) is 5.92 Å². The Kier molecular flexibility index (Phi) is 3.96. The number of piperidine rings is 1. The zero-order valence-corrected chi connectivity index (χ0v) is 12.2. The summed E-state index contributed by atoms with van der Waals surface area (Å²) >= 11 is 0. The summed E-state index contributed by atoms with van der Waals surface area (Å²) < 4.78 is 0. The molecule has 0 atom stereocenters. The number of hydrogen-bond acceptors (Lipinski definition) is 2. The molecule has 1 aliphatic heterocycles. The molecule has 0 saturated carbocycles. The highest BCUT2D eigenvalue weighted by atomic mass is 16.4. The lowest BCUT2D eigenvalue weighted by molar-refractivity contribution is -0.143. The van der Waals surface area contributed by atoms with E-state index in [0.29, 0.717) is 31.6 Å². The van der Waals surface area contributed by atoms with Gasteiger partial charge in [-0.05, 0) is 30.5 Å². The summed E-state index contributed by atoms with van der Waals surface area (Å²) in [6, 6.07) is 13.5. The number of aliphatic carboxylic acids is 1. The zero-order valence-electron chi connectivity index (χ0n) is 12.2. The van der Waals surface area contributed by atoms with Gasteiger partial charge in [0.05, 0.1) is 5.92 Å². The van der Waals surface area contributed by atoms with Crippen molar-refractivity contribution in [3.63, 3.8) is 0 Å². The maximum Gasteiger partial charge on any atom is 0.306 e. The molecule has 0 aliphatic carbocycles. The fraction of sp³-hybridized carbons (Fsp3) is 0.294. The summed E-state index contributed by atoms with van der Waals surface area (Å²) in [7, 11) is 0. The van der Waals surface area contributed by atoms with Gasteiger partial charge in [0.2, 0.25) is 0 Å². The number of amides is 1. The Morgan fingerprint density at radius 1 is 1.05 bits per heavy atom. The second-order valence-electron chi connectivity index (χ2n) is 5.56. The molecule has 2 heterocycles. The third kappa shape index (κ3) is 2.88. The smallest absolute Gasteiger partial charge is 0.306 e. The normalized spacial score (nSPS) is 15.7. The van der Waals surface area contributed by atoms with E-state index in [1.807, 2.05) is 36.4 Å². The molecule has 3 rings (SSSR count). The largest absolute Gasteiger partial charge is 0.481 e. The maximum atomic E-state index is 12.5. The number of carboxylic acids is 1. The molecule has 1 amide bonds. The highest BCUT2D eigenvalue weighted by Crippen LogP contribution is 2.21. The first kappa shape index (κ1) is 14.4. The van der Waals surface area contributed by atoms with Gasteiger partial charge < -0.3 is 15.0 Å². The van der Waals surface area contributed by atoms with Crippen molar-refractivity contribution in [2.75, 3.05) is 13.1 Å². The molecule has 0 bridgehead atoms. The molecule has 1 aromatic carbocycles. The van der Waals surface area contributed by atoms with Gasteiger partial charge in [-0.3, -0.25) is 9.59 Å². The average molecular weight is 298 g/mol. The minimum absolute atomic E-state index is 0.0639. The van der Waals surface area contributed by atoms with E-state index in [2.05, 4.69) is 4.98 Å². The topological polar surface area (TPSA) is 73.4 Å². The number of carbonyl (C=O) groups is 2. The second-order valence-corrected chi connectivity index (χ2v) is 5.56. The number of nitrogens with zero attached hydrogens (tertiary/aromatic N) is 1. The number of benzene rings is 1. The third-order valence-electron chi connectivity index (χ3n) is 4.13. The number of carbonyl (C=O) groups excluding carboxylic acids is 1. The third-order valence-corrected chi connectivity index (χ3v) is 4.13. The van der Waals surface area contributed by atoms with Crippen LogP contribution in [0.3, 0.4) is 0 Å².